The molecule has 0 bridgehead atoms. The van der Waals surface area contributed by atoms with Crippen LogP contribution in [0.5, 0.6) is 0 Å². The Balaban J connectivity index is 4.39. The van der Waals surface area contributed by atoms with E-state index in [0.29, 0.717) is 19.3 Å². The van der Waals surface area contributed by atoms with Gasteiger partial charge in [-0.15, -0.1) is 0 Å². The van der Waals surface area contributed by atoms with Crippen molar-refractivity contribution in [3.63, 3.8) is 0 Å². The minimum Gasteiger partial charge on any atom is -0.477 e. The molecule has 0 amide bonds. The zero-order valence-electron chi connectivity index (χ0n) is 41.9. The Labute approximate surface area is 398 Å². The van der Waals surface area contributed by atoms with Crippen molar-refractivity contribution in [2.75, 3.05) is 41.0 Å². The fourth-order valence-corrected chi connectivity index (χ4v) is 6.77. The van der Waals surface area contributed by atoms with Crippen LogP contribution in [0.15, 0.2) is 109 Å². The Morgan fingerprint density at radius 2 is 0.892 bits per heavy atom. The number of carbonyl (C=O) groups is 3. The van der Waals surface area contributed by atoms with Crippen LogP contribution in [0.2, 0.25) is 0 Å². The van der Waals surface area contributed by atoms with Gasteiger partial charge in [0.25, 0.3) is 0 Å². The molecule has 0 spiro atoms. The lowest BCUT2D eigenvalue weighted by Crippen LogP contribution is -2.50. The van der Waals surface area contributed by atoms with Gasteiger partial charge in [0, 0.05) is 19.3 Å². The summed E-state index contributed by atoms with van der Waals surface area (Å²) in [6.45, 7) is 4.50. The normalized spacial score (nSPS) is 13.8. The average molecular weight is 905 g/mol. The predicted octanol–water partition coefficient (Wildman–Crippen LogP) is 14.8. The first-order valence-electron chi connectivity index (χ1n) is 25.4. The fourth-order valence-electron chi connectivity index (χ4n) is 6.77. The van der Waals surface area contributed by atoms with Gasteiger partial charge in [-0.25, -0.2) is 4.79 Å². The fraction of sp³-hybridized carbons (Fsp3) is 0.632. The van der Waals surface area contributed by atoms with Crippen molar-refractivity contribution in [3.05, 3.63) is 109 Å². The summed E-state index contributed by atoms with van der Waals surface area (Å²) in [5, 5.41) is 9.65. The highest BCUT2D eigenvalue weighted by Crippen LogP contribution is 2.14. The third-order valence-electron chi connectivity index (χ3n) is 10.7. The first kappa shape index (κ1) is 61.0. The van der Waals surface area contributed by atoms with Crippen LogP contribution in [-0.4, -0.2) is 80.6 Å². The van der Waals surface area contributed by atoms with E-state index in [9.17, 15) is 19.5 Å². The number of hydrogen-bond acceptors (Lipinski definition) is 6. The van der Waals surface area contributed by atoms with Crippen molar-refractivity contribution >= 4 is 17.9 Å². The number of carbonyl (C=O) groups excluding carboxylic acids is 2. The molecule has 8 nitrogen and oxygen atoms in total. The molecule has 2 atom stereocenters. The van der Waals surface area contributed by atoms with E-state index in [1.807, 2.05) is 33.3 Å². The lowest BCUT2D eigenvalue weighted by atomic mass is 10.1. The summed E-state index contributed by atoms with van der Waals surface area (Å²) in [5.41, 5.74) is 0. The standard InChI is InChI=1S/C57H93NO7/c1-6-8-10-12-14-16-18-20-22-24-26-27-28-30-32-34-36-38-40-42-44-46-48-56(60)65-53(51-63-50-49-54(57(61)62)58(3,4)5)52-64-55(59)47-45-43-41-39-37-35-33-31-29-25-23-21-19-17-15-13-11-9-7-2/h9,11,14-17,20-23,26-27,29,31,35,37,41,43,53-54H,6-8,10,12-13,18-19,24-25,28,30,32-34,36,38-40,42,44-52H2,1-5H3/p+1/b11-9+,16-14+,17-15+,22-20+,23-21+,27-26+,31-29+,37-35+,43-41+. The van der Waals surface area contributed by atoms with Crippen LogP contribution < -0.4 is 0 Å². The molecule has 65 heavy (non-hydrogen) atoms. The Morgan fingerprint density at radius 3 is 1.34 bits per heavy atom. The maximum atomic E-state index is 12.8. The summed E-state index contributed by atoms with van der Waals surface area (Å²) < 4.78 is 17.3. The van der Waals surface area contributed by atoms with Crippen molar-refractivity contribution in [1.82, 2.24) is 0 Å². The van der Waals surface area contributed by atoms with Crippen LogP contribution in [0.3, 0.4) is 0 Å². The number of esters is 2. The van der Waals surface area contributed by atoms with Crippen LogP contribution >= 0.6 is 0 Å². The summed E-state index contributed by atoms with van der Waals surface area (Å²) in [5.74, 6) is -1.59. The van der Waals surface area contributed by atoms with Crippen molar-refractivity contribution in [3.8, 4) is 0 Å². The number of likely N-dealkylation sites (N-methyl/N-ethyl adjacent to an activating group) is 1. The molecule has 0 aliphatic carbocycles. The lowest BCUT2D eigenvalue weighted by molar-refractivity contribution is -0.887. The number of carboxylic acids is 1. The van der Waals surface area contributed by atoms with Gasteiger partial charge in [0.2, 0.25) is 0 Å². The number of nitrogens with zero attached hydrogens (tertiary/aromatic N) is 1. The zero-order chi connectivity index (χ0) is 47.7. The molecule has 0 aliphatic rings. The van der Waals surface area contributed by atoms with E-state index in [4.69, 9.17) is 14.2 Å². The largest absolute Gasteiger partial charge is 0.477 e. The third kappa shape index (κ3) is 45.0. The minimum atomic E-state index is -0.889. The van der Waals surface area contributed by atoms with Gasteiger partial charge in [0.1, 0.15) is 6.61 Å². The van der Waals surface area contributed by atoms with Gasteiger partial charge >= 0.3 is 17.9 Å². The van der Waals surface area contributed by atoms with Gasteiger partial charge in [0.05, 0.1) is 34.4 Å². The Kier molecular flexibility index (Phi) is 43.6. The van der Waals surface area contributed by atoms with Gasteiger partial charge in [-0.2, -0.15) is 0 Å². The van der Waals surface area contributed by atoms with Crippen molar-refractivity contribution in [2.24, 2.45) is 0 Å². The van der Waals surface area contributed by atoms with Crippen LogP contribution in [-0.2, 0) is 28.6 Å². The van der Waals surface area contributed by atoms with Crippen molar-refractivity contribution < 1.29 is 38.2 Å². The first-order valence-corrected chi connectivity index (χ1v) is 25.4. The minimum absolute atomic E-state index is 0.0284. The van der Waals surface area contributed by atoms with Gasteiger partial charge in [-0.1, -0.05) is 181 Å². The van der Waals surface area contributed by atoms with E-state index in [1.54, 1.807) is 0 Å². The molecule has 0 heterocycles. The highest BCUT2D eigenvalue weighted by molar-refractivity contribution is 5.72. The number of quaternary nitrogens is 1. The molecule has 0 fully saturated rings. The molecule has 0 rings (SSSR count). The van der Waals surface area contributed by atoms with Crippen LogP contribution in [0.25, 0.3) is 0 Å². The molecule has 1 N–H and O–H groups in total. The van der Waals surface area contributed by atoms with Gasteiger partial charge in [-0.3, -0.25) is 9.59 Å². The molecule has 0 aromatic rings. The summed E-state index contributed by atoms with van der Waals surface area (Å²) in [6, 6.07) is -0.634. The molecule has 0 aromatic heterocycles. The first-order chi connectivity index (χ1) is 31.6. The lowest BCUT2D eigenvalue weighted by Gasteiger charge is -2.31. The molecular weight excluding hydrogens is 811 g/mol. The number of rotatable bonds is 44. The van der Waals surface area contributed by atoms with Gasteiger partial charge < -0.3 is 23.8 Å². The third-order valence-corrected chi connectivity index (χ3v) is 10.7. The molecular formula is C57H94NO7+. The molecule has 0 saturated heterocycles. The SMILES string of the molecule is CC/C=C/C/C=C/C/C=C/C/C=C/C/C=C/C/C=C/CCC(=O)OCC(COCCC(C(=O)O)[N+](C)(C)C)OC(=O)CCCCCCCCCCC/C=C/C/C=C/C/C=C/CCCCC. The van der Waals surface area contributed by atoms with Crippen LogP contribution in [0, 0.1) is 0 Å². The highest BCUT2D eigenvalue weighted by Gasteiger charge is 2.31. The van der Waals surface area contributed by atoms with Crippen molar-refractivity contribution in [1.29, 1.82) is 0 Å². The van der Waals surface area contributed by atoms with E-state index >= 15 is 0 Å². The number of unbranched alkanes of at least 4 members (excludes halogenated alkanes) is 12. The molecule has 0 aliphatic heterocycles. The second-order valence-electron chi connectivity index (χ2n) is 17.7. The van der Waals surface area contributed by atoms with E-state index in [0.717, 1.165) is 77.0 Å². The zero-order valence-corrected chi connectivity index (χ0v) is 41.9. The van der Waals surface area contributed by atoms with E-state index < -0.39 is 18.1 Å². The van der Waals surface area contributed by atoms with Gasteiger partial charge in [-0.05, 0) is 89.9 Å². The van der Waals surface area contributed by atoms with E-state index in [1.165, 1.54) is 64.2 Å². The predicted molar refractivity (Wildman–Crippen MR) is 275 cm³/mol. The van der Waals surface area contributed by atoms with Crippen LogP contribution in [0.1, 0.15) is 181 Å². The number of ether oxygens (including phenoxy) is 3. The molecule has 8 heteroatoms. The smallest absolute Gasteiger partial charge is 0.362 e. The maximum absolute atomic E-state index is 12.8. The molecule has 0 radical (unpaired) electrons. The summed E-state index contributed by atoms with van der Waals surface area (Å²) >= 11 is 0. The number of allylic oxidation sites excluding steroid dienone is 18. The number of hydrogen-bond donors (Lipinski definition) is 1. The molecule has 2 unspecified atom stereocenters. The topological polar surface area (TPSA) is 99.1 Å². The van der Waals surface area contributed by atoms with E-state index in [2.05, 4.69) is 111 Å². The van der Waals surface area contributed by atoms with E-state index in [-0.39, 0.29) is 42.7 Å². The monoisotopic (exact) mass is 905 g/mol. The Bertz CT molecular complexity index is 1420. The average Bonchev–Trinajstić information content (AvgIpc) is 3.27. The molecule has 0 saturated carbocycles. The summed E-state index contributed by atoms with van der Waals surface area (Å²) in [6.07, 6.45) is 64.4. The maximum Gasteiger partial charge on any atom is 0.362 e. The van der Waals surface area contributed by atoms with Crippen molar-refractivity contribution in [2.45, 2.75) is 193 Å². The number of aliphatic carboxylic acids is 1. The summed E-state index contributed by atoms with van der Waals surface area (Å²) in [7, 11) is 5.50. The Hall–Kier alpha value is -4.01. The number of carboxylic acid groups (broad SMARTS) is 1. The quantitative estimate of drug-likeness (QED) is 0.0281. The molecule has 368 valence electrons. The highest BCUT2D eigenvalue weighted by atomic mass is 16.6. The Morgan fingerprint density at radius 1 is 0.477 bits per heavy atom. The van der Waals surface area contributed by atoms with Crippen LogP contribution in [0.4, 0.5) is 0 Å². The summed E-state index contributed by atoms with van der Waals surface area (Å²) in [4.78, 5) is 37.1. The molecule has 0 aromatic carbocycles. The van der Waals surface area contributed by atoms with Gasteiger partial charge in [0.15, 0.2) is 12.1 Å². The second kappa shape index (κ2) is 46.5. The second-order valence-corrected chi connectivity index (χ2v) is 17.7.